The van der Waals surface area contributed by atoms with Crippen molar-refractivity contribution in [2.24, 2.45) is 0 Å². The lowest BCUT2D eigenvalue weighted by Crippen LogP contribution is -2.35. The molecule has 0 atom stereocenters. The molecule has 0 aliphatic carbocycles. The molecule has 1 rings (SSSR count). The molecule has 7 heteroatoms. The zero-order valence-electron chi connectivity index (χ0n) is 9.26. The molecule has 0 saturated heterocycles. The molecule has 0 radical (unpaired) electrons. The standard InChI is InChI=1S/C10H13ClN2O3S/c1-13(17(15,16)8-11)7-10(14)12-9-5-3-2-4-6-9/h2-6H,7-8H2,1H3,(H,12,14). The highest BCUT2D eigenvalue weighted by molar-refractivity contribution is 7.90. The van der Waals surface area contributed by atoms with Crippen molar-refractivity contribution in [2.75, 3.05) is 24.1 Å². The van der Waals surface area contributed by atoms with Crippen LogP contribution in [0.4, 0.5) is 5.69 Å². The van der Waals surface area contributed by atoms with Gasteiger partial charge in [0.15, 0.2) is 0 Å². The predicted octanol–water partition coefficient (Wildman–Crippen LogP) is 1.08. The first-order chi connectivity index (χ1) is 7.95. The Morgan fingerprint density at radius 2 is 1.94 bits per heavy atom. The second kappa shape index (κ2) is 6.00. The number of alkyl halides is 1. The number of nitrogens with one attached hydrogen (secondary N) is 1. The van der Waals surface area contributed by atoms with Crippen LogP contribution in [0.2, 0.25) is 0 Å². The maximum Gasteiger partial charge on any atom is 0.239 e. The summed E-state index contributed by atoms with van der Waals surface area (Å²) in [6, 6.07) is 8.80. The van der Waals surface area contributed by atoms with E-state index >= 15 is 0 Å². The molecule has 1 N–H and O–H groups in total. The number of likely N-dealkylation sites (N-methyl/N-ethyl adjacent to an activating group) is 1. The van der Waals surface area contributed by atoms with E-state index in [1.165, 1.54) is 7.05 Å². The zero-order valence-corrected chi connectivity index (χ0v) is 10.8. The van der Waals surface area contributed by atoms with Crippen LogP contribution in [0.25, 0.3) is 0 Å². The summed E-state index contributed by atoms with van der Waals surface area (Å²) in [6.07, 6.45) is 0. The largest absolute Gasteiger partial charge is 0.325 e. The molecule has 1 aromatic rings. The van der Waals surface area contributed by atoms with E-state index in [0.29, 0.717) is 5.69 Å². The molecule has 0 aliphatic rings. The number of rotatable bonds is 5. The second-order valence-electron chi connectivity index (χ2n) is 3.39. The molecule has 5 nitrogen and oxygen atoms in total. The van der Waals surface area contributed by atoms with Gasteiger partial charge in [0.05, 0.1) is 6.54 Å². The molecule has 17 heavy (non-hydrogen) atoms. The Balaban J connectivity index is 2.57. The van der Waals surface area contributed by atoms with Crippen LogP contribution in [-0.2, 0) is 14.8 Å². The minimum atomic E-state index is -3.55. The van der Waals surface area contributed by atoms with Crippen molar-refractivity contribution in [1.29, 1.82) is 0 Å². The molecule has 0 bridgehead atoms. The average molecular weight is 277 g/mol. The Bertz CT molecular complexity index is 476. The summed E-state index contributed by atoms with van der Waals surface area (Å²) in [5, 5.41) is 2.04. The Hall–Kier alpha value is -1.11. The summed E-state index contributed by atoms with van der Waals surface area (Å²) in [5.41, 5.74) is 0.620. The molecule has 0 unspecified atom stereocenters. The SMILES string of the molecule is CN(CC(=O)Nc1ccccc1)S(=O)(=O)CCl. The van der Waals surface area contributed by atoms with E-state index in [-0.39, 0.29) is 6.54 Å². The van der Waals surface area contributed by atoms with Crippen molar-refractivity contribution in [3.05, 3.63) is 30.3 Å². The second-order valence-corrected chi connectivity index (χ2v) is 6.05. The minimum absolute atomic E-state index is 0.260. The minimum Gasteiger partial charge on any atom is -0.325 e. The van der Waals surface area contributed by atoms with Crippen LogP contribution >= 0.6 is 11.6 Å². The number of nitrogens with zero attached hydrogens (tertiary/aromatic N) is 1. The van der Waals surface area contributed by atoms with Crippen molar-refractivity contribution in [3.8, 4) is 0 Å². The molecule has 1 aromatic carbocycles. The molecule has 0 fully saturated rings. The molecule has 1 amide bonds. The van der Waals surface area contributed by atoms with Crippen molar-refractivity contribution in [2.45, 2.75) is 0 Å². The van der Waals surface area contributed by atoms with E-state index in [2.05, 4.69) is 5.32 Å². The van der Waals surface area contributed by atoms with Gasteiger partial charge in [0.25, 0.3) is 0 Å². The fourth-order valence-electron chi connectivity index (χ4n) is 1.11. The maximum absolute atomic E-state index is 11.5. The van der Waals surface area contributed by atoms with Crippen LogP contribution in [0.15, 0.2) is 30.3 Å². The van der Waals surface area contributed by atoms with Gasteiger partial charge in [0.2, 0.25) is 15.9 Å². The zero-order chi connectivity index (χ0) is 12.9. The number of sulfonamides is 1. The highest BCUT2D eigenvalue weighted by atomic mass is 35.5. The van der Waals surface area contributed by atoms with Crippen molar-refractivity contribution < 1.29 is 13.2 Å². The quantitative estimate of drug-likeness (QED) is 0.819. The van der Waals surface area contributed by atoms with Gasteiger partial charge in [-0.25, -0.2) is 8.42 Å². The highest BCUT2D eigenvalue weighted by Crippen LogP contribution is 2.06. The number of benzene rings is 1. The molecule has 0 heterocycles. The highest BCUT2D eigenvalue weighted by Gasteiger charge is 2.19. The lowest BCUT2D eigenvalue weighted by atomic mass is 10.3. The first-order valence-corrected chi connectivity index (χ1v) is 6.95. The van der Waals surface area contributed by atoms with Gasteiger partial charge in [-0.2, -0.15) is 4.31 Å². The van der Waals surface area contributed by atoms with Crippen LogP contribution < -0.4 is 5.32 Å². The van der Waals surface area contributed by atoms with Gasteiger partial charge in [-0.05, 0) is 12.1 Å². The predicted molar refractivity (Wildman–Crippen MR) is 67.3 cm³/mol. The monoisotopic (exact) mass is 276 g/mol. The smallest absolute Gasteiger partial charge is 0.239 e. The average Bonchev–Trinajstić information content (AvgIpc) is 2.30. The van der Waals surface area contributed by atoms with E-state index < -0.39 is 21.1 Å². The lowest BCUT2D eigenvalue weighted by molar-refractivity contribution is -0.116. The topological polar surface area (TPSA) is 66.5 Å². The molecule has 0 saturated carbocycles. The van der Waals surface area contributed by atoms with E-state index in [4.69, 9.17) is 11.6 Å². The first kappa shape index (κ1) is 14.0. The summed E-state index contributed by atoms with van der Waals surface area (Å²) >= 11 is 5.27. The van der Waals surface area contributed by atoms with Crippen LogP contribution in [0.5, 0.6) is 0 Å². The summed E-state index contributed by atoms with van der Waals surface area (Å²) in [7, 11) is -2.24. The van der Waals surface area contributed by atoms with E-state index in [0.717, 1.165) is 4.31 Å². The number of hydrogen-bond acceptors (Lipinski definition) is 3. The van der Waals surface area contributed by atoms with E-state index in [1.807, 2.05) is 6.07 Å². The number of amides is 1. The van der Waals surface area contributed by atoms with Gasteiger partial charge < -0.3 is 5.32 Å². The number of carbonyl (C=O) groups excluding carboxylic acids is 1. The fourth-order valence-corrected chi connectivity index (χ4v) is 2.09. The van der Waals surface area contributed by atoms with Gasteiger partial charge in [-0.3, -0.25) is 4.79 Å². The van der Waals surface area contributed by atoms with Gasteiger partial charge in [-0.1, -0.05) is 18.2 Å². The fraction of sp³-hybridized carbons (Fsp3) is 0.300. The van der Waals surface area contributed by atoms with E-state index in [1.54, 1.807) is 24.3 Å². The van der Waals surface area contributed by atoms with Crippen LogP contribution in [-0.4, -0.2) is 37.4 Å². The molecule has 94 valence electrons. The van der Waals surface area contributed by atoms with Crippen molar-refractivity contribution in [3.63, 3.8) is 0 Å². The third kappa shape index (κ3) is 4.33. The molecular formula is C10H13ClN2O3S. The van der Waals surface area contributed by atoms with Gasteiger partial charge in [0.1, 0.15) is 5.21 Å². The number of anilines is 1. The lowest BCUT2D eigenvalue weighted by Gasteiger charge is -2.14. The Kier molecular flexibility index (Phi) is 4.92. The summed E-state index contributed by atoms with van der Waals surface area (Å²) in [6.45, 7) is -0.260. The Morgan fingerprint density at radius 1 is 1.35 bits per heavy atom. The summed E-state index contributed by atoms with van der Waals surface area (Å²) < 4.78 is 23.5. The third-order valence-corrected chi connectivity index (χ3v) is 4.22. The van der Waals surface area contributed by atoms with Crippen molar-refractivity contribution in [1.82, 2.24) is 4.31 Å². The summed E-state index contributed by atoms with van der Waals surface area (Å²) in [4.78, 5) is 11.5. The van der Waals surface area contributed by atoms with Gasteiger partial charge >= 0.3 is 0 Å². The Labute approximate surface area is 105 Å². The van der Waals surface area contributed by atoms with Gasteiger partial charge in [0, 0.05) is 12.7 Å². The molecule has 0 aromatic heterocycles. The van der Waals surface area contributed by atoms with Gasteiger partial charge in [-0.15, -0.1) is 11.6 Å². The maximum atomic E-state index is 11.5. The van der Waals surface area contributed by atoms with Crippen molar-refractivity contribution >= 4 is 33.2 Å². The third-order valence-electron chi connectivity index (χ3n) is 2.04. The number of para-hydroxylation sites is 1. The first-order valence-electron chi connectivity index (χ1n) is 4.80. The van der Waals surface area contributed by atoms with E-state index in [9.17, 15) is 13.2 Å². The number of hydrogen-bond donors (Lipinski definition) is 1. The number of carbonyl (C=O) groups is 1. The Morgan fingerprint density at radius 3 is 2.47 bits per heavy atom. The number of halogens is 1. The van der Waals surface area contributed by atoms with Crippen LogP contribution in [0.1, 0.15) is 0 Å². The van der Waals surface area contributed by atoms with Crippen LogP contribution in [0, 0.1) is 0 Å². The molecule has 0 spiro atoms. The molecular weight excluding hydrogens is 264 g/mol. The summed E-state index contributed by atoms with van der Waals surface area (Å²) in [5.74, 6) is -0.410. The normalized spacial score (nSPS) is 11.5. The molecule has 0 aliphatic heterocycles. The van der Waals surface area contributed by atoms with Crippen LogP contribution in [0.3, 0.4) is 0 Å².